The number of nitrogens with zero attached hydrogens (tertiary/aromatic N) is 2. The zero-order valence-corrected chi connectivity index (χ0v) is 9.90. The van der Waals surface area contributed by atoms with Crippen LogP contribution in [0.25, 0.3) is 0 Å². The Morgan fingerprint density at radius 3 is 2.50 bits per heavy atom. The molecule has 0 spiro atoms. The van der Waals surface area contributed by atoms with E-state index < -0.39 is 17.7 Å². The number of rotatable bonds is 4. The zero-order valence-electron chi connectivity index (χ0n) is 9.90. The molecule has 0 aliphatic heterocycles. The molecule has 1 unspecified atom stereocenters. The van der Waals surface area contributed by atoms with Gasteiger partial charge in [0.1, 0.15) is 17.5 Å². The molecule has 0 aliphatic rings. The highest BCUT2D eigenvalue weighted by molar-refractivity contribution is 5.22. The van der Waals surface area contributed by atoms with Gasteiger partial charge in [-0.1, -0.05) is 0 Å². The fourth-order valence-electron chi connectivity index (χ4n) is 1.83. The Morgan fingerprint density at radius 2 is 2.00 bits per heavy atom. The molecular formula is C12H14F2N4. The quantitative estimate of drug-likeness (QED) is 0.639. The number of imidazole rings is 1. The molecule has 0 aliphatic carbocycles. The third-order valence-corrected chi connectivity index (χ3v) is 2.80. The number of benzene rings is 1. The van der Waals surface area contributed by atoms with Crippen molar-refractivity contribution in [2.24, 2.45) is 12.9 Å². The van der Waals surface area contributed by atoms with E-state index in [9.17, 15) is 8.78 Å². The maximum atomic E-state index is 13.2. The minimum Gasteiger partial charge on any atom is -0.338 e. The van der Waals surface area contributed by atoms with E-state index in [0.29, 0.717) is 12.0 Å². The molecule has 0 saturated heterocycles. The van der Waals surface area contributed by atoms with Crippen LogP contribution in [0.4, 0.5) is 8.78 Å². The monoisotopic (exact) mass is 252 g/mol. The first-order valence-corrected chi connectivity index (χ1v) is 5.48. The van der Waals surface area contributed by atoms with E-state index in [1.807, 2.05) is 11.6 Å². The van der Waals surface area contributed by atoms with Gasteiger partial charge in [-0.05, 0) is 17.7 Å². The number of nitrogens with two attached hydrogens (primary N) is 1. The lowest BCUT2D eigenvalue weighted by Gasteiger charge is -2.16. The van der Waals surface area contributed by atoms with Gasteiger partial charge in [0, 0.05) is 31.9 Å². The van der Waals surface area contributed by atoms with Crippen molar-refractivity contribution >= 4 is 0 Å². The summed E-state index contributed by atoms with van der Waals surface area (Å²) in [5.41, 5.74) is 3.01. The summed E-state index contributed by atoms with van der Waals surface area (Å²) in [5.74, 6) is 4.98. The second-order valence-corrected chi connectivity index (χ2v) is 4.08. The van der Waals surface area contributed by atoms with E-state index in [1.54, 1.807) is 12.4 Å². The topological polar surface area (TPSA) is 55.9 Å². The number of hydrogen-bond donors (Lipinski definition) is 2. The van der Waals surface area contributed by atoms with Crippen LogP contribution in [0, 0.1) is 11.6 Å². The minimum atomic E-state index is -0.620. The molecule has 2 aromatic rings. The van der Waals surface area contributed by atoms with Gasteiger partial charge in [-0.2, -0.15) is 0 Å². The molecule has 1 aromatic heterocycles. The molecule has 1 heterocycles. The molecule has 2 rings (SSSR count). The van der Waals surface area contributed by atoms with Crippen molar-refractivity contribution in [2.75, 3.05) is 0 Å². The summed E-state index contributed by atoms with van der Waals surface area (Å²) in [4.78, 5) is 4.15. The van der Waals surface area contributed by atoms with E-state index in [2.05, 4.69) is 10.4 Å². The van der Waals surface area contributed by atoms with Gasteiger partial charge in [0.05, 0.1) is 6.04 Å². The number of aryl methyl sites for hydroxylation is 1. The summed E-state index contributed by atoms with van der Waals surface area (Å²) in [5, 5.41) is 0. The SMILES string of the molecule is Cn1ccnc1CC(NN)c1cc(F)cc(F)c1. The first-order chi connectivity index (χ1) is 8.60. The third kappa shape index (κ3) is 2.72. The Hall–Kier alpha value is -1.79. The van der Waals surface area contributed by atoms with E-state index in [4.69, 9.17) is 5.84 Å². The summed E-state index contributed by atoms with van der Waals surface area (Å²) < 4.78 is 28.1. The highest BCUT2D eigenvalue weighted by Crippen LogP contribution is 2.19. The van der Waals surface area contributed by atoms with Gasteiger partial charge in [0.15, 0.2) is 0 Å². The lowest BCUT2D eigenvalue weighted by molar-refractivity contribution is 0.515. The van der Waals surface area contributed by atoms with Gasteiger partial charge in [-0.15, -0.1) is 0 Å². The van der Waals surface area contributed by atoms with Gasteiger partial charge >= 0.3 is 0 Å². The van der Waals surface area contributed by atoms with Crippen molar-refractivity contribution < 1.29 is 8.78 Å². The number of aromatic nitrogens is 2. The molecule has 0 saturated carbocycles. The molecular weight excluding hydrogens is 238 g/mol. The van der Waals surface area contributed by atoms with Crippen LogP contribution in [0.3, 0.4) is 0 Å². The van der Waals surface area contributed by atoms with Crippen molar-refractivity contribution in [3.05, 3.63) is 53.6 Å². The molecule has 1 atom stereocenters. The van der Waals surface area contributed by atoms with Crippen LogP contribution in [0.1, 0.15) is 17.4 Å². The summed E-state index contributed by atoms with van der Waals surface area (Å²) in [6, 6.07) is 2.96. The van der Waals surface area contributed by atoms with E-state index in [-0.39, 0.29) is 0 Å². The van der Waals surface area contributed by atoms with Gasteiger partial charge in [0.2, 0.25) is 0 Å². The van der Waals surface area contributed by atoms with Crippen LogP contribution < -0.4 is 11.3 Å². The van der Waals surface area contributed by atoms with Crippen LogP contribution >= 0.6 is 0 Å². The predicted octanol–water partition coefficient (Wildman–Crippen LogP) is 1.45. The smallest absolute Gasteiger partial charge is 0.126 e. The van der Waals surface area contributed by atoms with Crippen LogP contribution in [0.2, 0.25) is 0 Å². The second-order valence-electron chi connectivity index (χ2n) is 4.08. The summed E-state index contributed by atoms with van der Waals surface area (Å²) >= 11 is 0. The Morgan fingerprint density at radius 1 is 1.33 bits per heavy atom. The molecule has 4 nitrogen and oxygen atoms in total. The van der Waals surface area contributed by atoms with Crippen molar-refractivity contribution in [2.45, 2.75) is 12.5 Å². The first kappa shape index (κ1) is 12.7. The molecule has 6 heteroatoms. The molecule has 0 fully saturated rings. The van der Waals surface area contributed by atoms with Gasteiger partial charge in [0.25, 0.3) is 0 Å². The molecule has 3 N–H and O–H groups in total. The highest BCUT2D eigenvalue weighted by atomic mass is 19.1. The van der Waals surface area contributed by atoms with Crippen LogP contribution in [0.5, 0.6) is 0 Å². The molecule has 0 amide bonds. The van der Waals surface area contributed by atoms with E-state index >= 15 is 0 Å². The molecule has 18 heavy (non-hydrogen) atoms. The standard InChI is InChI=1S/C12H14F2N4/c1-18-3-2-16-12(18)7-11(17-15)8-4-9(13)6-10(14)5-8/h2-6,11,17H,7,15H2,1H3. The number of hydrogen-bond acceptors (Lipinski definition) is 3. The van der Waals surface area contributed by atoms with Gasteiger partial charge in [-0.3, -0.25) is 11.3 Å². The average Bonchev–Trinajstić information content (AvgIpc) is 2.70. The van der Waals surface area contributed by atoms with Crippen molar-refractivity contribution in [1.82, 2.24) is 15.0 Å². The van der Waals surface area contributed by atoms with Crippen molar-refractivity contribution in [3.63, 3.8) is 0 Å². The number of nitrogens with one attached hydrogen (secondary N) is 1. The van der Waals surface area contributed by atoms with Crippen LogP contribution in [-0.4, -0.2) is 9.55 Å². The minimum absolute atomic E-state index is 0.392. The lowest BCUT2D eigenvalue weighted by Crippen LogP contribution is -2.30. The number of hydrazine groups is 1. The zero-order chi connectivity index (χ0) is 13.1. The lowest BCUT2D eigenvalue weighted by atomic mass is 10.0. The third-order valence-electron chi connectivity index (χ3n) is 2.80. The summed E-state index contributed by atoms with van der Waals surface area (Å²) in [6.07, 6.45) is 3.91. The fourth-order valence-corrected chi connectivity index (χ4v) is 1.83. The average molecular weight is 252 g/mol. The summed E-state index contributed by atoms with van der Waals surface area (Å²) in [6.45, 7) is 0. The highest BCUT2D eigenvalue weighted by Gasteiger charge is 2.15. The van der Waals surface area contributed by atoms with Gasteiger partial charge in [-0.25, -0.2) is 13.8 Å². The molecule has 1 aromatic carbocycles. The normalized spacial score (nSPS) is 12.7. The Bertz CT molecular complexity index is 518. The Balaban J connectivity index is 2.25. The van der Waals surface area contributed by atoms with E-state index in [1.165, 1.54) is 12.1 Å². The molecule has 0 radical (unpaired) electrons. The van der Waals surface area contributed by atoms with Crippen LogP contribution in [0.15, 0.2) is 30.6 Å². The fraction of sp³-hybridized carbons (Fsp3) is 0.250. The largest absolute Gasteiger partial charge is 0.338 e. The maximum Gasteiger partial charge on any atom is 0.126 e. The van der Waals surface area contributed by atoms with Crippen molar-refractivity contribution in [1.29, 1.82) is 0 Å². The Labute approximate surface area is 103 Å². The Kier molecular flexibility index (Phi) is 3.69. The number of halogens is 2. The predicted molar refractivity (Wildman–Crippen MR) is 63.3 cm³/mol. The second kappa shape index (κ2) is 5.24. The maximum absolute atomic E-state index is 13.2. The van der Waals surface area contributed by atoms with Gasteiger partial charge < -0.3 is 4.57 Å². The summed E-state index contributed by atoms with van der Waals surface area (Å²) in [7, 11) is 1.85. The molecule has 96 valence electrons. The first-order valence-electron chi connectivity index (χ1n) is 5.48. The van der Waals surface area contributed by atoms with Crippen LogP contribution in [-0.2, 0) is 13.5 Å². The van der Waals surface area contributed by atoms with Crippen molar-refractivity contribution in [3.8, 4) is 0 Å². The van der Waals surface area contributed by atoms with E-state index in [0.717, 1.165) is 11.9 Å². The molecule has 0 bridgehead atoms.